The van der Waals surface area contributed by atoms with Crippen molar-refractivity contribution < 1.29 is 13.2 Å². The molecular formula is C13H19N3O3S. The van der Waals surface area contributed by atoms with Crippen molar-refractivity contribution in [3.63, 3.8) is 0 Å². The van der Waals surface area contributed by atoms with Crippen LogP contribution in [0.15, 0.2) is 29.2 Å². The molecular weight excluding hydrogens is 278 g/mol. The molecule has 0 radical (unpaired) electrons. The van der Waals surface area contributed by atoms with Crippen LogP contribution in [-0.4, -0.2) is 26.9 Å². The first kappa shape index (κ1) is 15.0. The maximum absolute atomic E-state index is 12.0. The molecule has 6 nitrogen and oxygen atoms in total. The summed E-state index contributed by atoms with van der Waals surface area (Å²) in [6.45, 7) is 2.67. The van der Waals surface area contributed by atoms with Gasteiger partial charge in [0.2, 0.25) is 15.9 Å². The Hall–Kier alpha value is -1.44. The van der Waals surface area contributed by atoms with Gasteiger partial charge >= 0.3 is 0 Å². The summed E-state index contributed by atoms with van der Waals surface area (Å²) in [5.74, 6) is -0.0593. The molecule has 1 saturated heterocycles. The van der Waals surface area contributed by atoms with Crippen LogP contribution in [0.4, 0.5) is 0 Å². The summed E-state index contributed by atoms with van der Waals surface area (Å²) in [6.07, 6.45) is 1.82. The van der Waals surface area contributed by atoms with Crippen molar-refractivity contribution in [2.24, 2.45) is 5.14 Å². The number of primary sulfonamides is 1. The lowest BCUT2D eigenvalue weighted by molar-refractivity contribution is -0.123. The molecule has 1 aliphatic rings. The van der Waals surface area contributed by atoms with E-state index in [1.54, 1.807) is 12.1 Å². The molecule has 110 valence electrons. The van der Waals surface area contributed by atoms with Crippen LogP contribution in [0.5, 0.6) is 0 Å². The van der Waals surface area contributed by atoms with Crippen molar-refractivity contribution in [1.29, 1.82) is 0 Å². The van der Waals surface area contributed by atoms with E-state index in [0.29, 0.717) is 5.56 Å². The Labute approximate surface area is 118 Å². The van der Waals surface area contributed by atoms with Gasteiger partial charge < -0.3 is 10.6 Å². The highest BCUT2D eigenvalue weighted by Crippen LogP contribution is 2.17. The van der Waals surface area contributed by atoms with Crippen molar-refractivity contribution in [2.45, 2.75) is 36.7 Å². The van der Waals surface area contributed by atoms with E-state index >= 15 is 0 Å². The molecule has 0 spiro atoms. The van der Waals surface area contributed by atoms with Crippen LogP contribution in [0.25, 0.3) is 0 Å². The Morgan fingerprint density at radius 1 is 1.50 bits per heavy atom. The summed E-state index contributed by atoms with van der Waals surface area (Å²) in [6, 6.07) is 5.88. The number of nitrogens with one attached hydrogen (secondary N) is 2. The molecule has 0 bridgehead atoms. The van der Waals surface area contributed by atoms with E-state index in [4.69, 9.17) is 5.14 Å². The molecule has 1 heterocycles. The van der Waals surface area contributed by atoms with Crippen LogP contribution in [0.3, 0.4) is 0 Å². The summed E-state index contributed by atoms with van der Waals surface area (Å²) in [5, 5.41) is 11.1. The summed E-state index contributed by atoms with van der Waals surface area (Å²) < 4.78 is 22.6. The number of carbonyl (C=O) groups excluding carboxylic acids is 1. The minimum absolute atomic E-state index is 0.0510. The molecule has 7 heteroatoms. The second-order valence-corrected chi connectivity index (χ2v) is 6.56. The van der Waals surface area contributed by atoms with Crippen molar-refractivity contribution in [1.82, 2.24) is 10.6 Å². The van der Waals surface area contributed by atoms with E-state index in [1.165, 1.54) is 12.1 Å². The Bertz CT molecular complexity index is 595. The van der Waals surface area contributed by atoms with Crippen LogP contribution >= 0.6 is 0 Å². The standard InChI is InChI=1S/C13H19N3O3S/c1-9(16-13(17)12-6-3-7-15-12)10-4-2-5-11(8-10)20(14,18)19/h2,4-5,8-9,12,15H,3,6-7H2,1H3,(H,16,17)(H2,14,18,19). The lowest BCUT2D eigenvalue weighted by atomic mass is 10.1. The molecule has 1 aliphatic heterocycles. The van der Waals surface area contributed by atoms with Gasteiger partial charge in [0.25, 0.3) is 0 Å². The highest BCUT2D eigenvalue weighted by molar-refractivity contribution is 7.89. The first-order valence-electron chi connectivity index (χ1n) is 6.54. The van der Waals surface area contributed by atoms with Crippen LogP contribution in [0, 0.1) is 0 Å². The fourth-order valence-electron chi connectivity index (χ4n) is 2.27. The highest BCUT2D eigenvalue weighted by atomic mass is 32.2. The lowest BCUT2D eigenvalue weighted by Crippen LogP contribution is -2.41. The molecule has 1 fully saturated rings. The number of sulfonamides is 1. The first-order valence-corrected chi connectivity index (χ1v) is 8.09. The van der Waals surface area contributed by atoms with Gasteiger partial charge in [0.1, 0.15) is 0 Å². The monoisotopic (exact) mass is 297 g/mol. The zero-order valence-corrected chi connectivity index (χ0v) is 12.1. The molecule has 1 aromatic carbocycles. The Morgan fingerprint density at radius 3 is 2.85 bits per heavy atom. The Balaban J connectivity index is 2.09. The van der Waals surface area contributed by atoms with Gasteiger partial charge in [-0.2, -0.15) is 0 Å². The number of nitrogens with two attached hydrogens (primary N) is 1. The van der Waals surface area contributed by atoms with Crippen LogP contribution in [0.2, 0.25) is 0 Å². The fourth-order valence-corrected chi connectivity index (χ4v) is 2.84. The predicted molar refractivity (Wildman–Crippen MR) is 75.4 cm³/mol. The molecule has 20 heavy (non-hydrogen) atoms. The van der Waals surface area contributed by atoms with Gasteiger partial charge in [0.05, 0.1) is 17.0 Å². The van der Waals surface area contributed by atoms with Gasteiger partial charge in [-0.3, -0.25) is 4.79 Å². The highest BCUT2D eigenvalue weighted by Gasteiger charge is 2.23. The topological polar surface area (TPSA) is 101 Å². The molecule has 0 saturated carbocycles. The SMILES string of the molecule is CC(NC(=O)C1CCCN1)c1cccc(S(N)(=O)=O)c1. The van der Waals surface area contributed by atoms with Crippen LogP contribution in [-0.2, 0) is 14.8 Å². The normalized spacial score (nSPS) is 20.6. The molecule has 2 atom stereocenters. The smallest absolute Gasteiger partial charge is 0.238 e. The van der Waals surface area contributed by atoms with Crippen LogP contribution < -0.4 is 15.8 Å². The number of hydrogen-bond acceptors (Lipinski definition) is 4. The van der Waals surface area contributed by atoms with Gasteiger partial charge in [-0.15, -0.1) is 0 Å². The lowest BCUT2D eigenvalue weighted by Gasteiger charge is -2.18. The van der Waals surface area contributed by atoms with Gasteiger partial charge in [-0.05, 0) is 44.0 Å². The van der Waals surface area contributed by atoms with E-state index in [-0.39, 0.29) is 22.9 Å². The molecule has 2 unspecified atom stereocenters. The molecule has 1 amide bonds. The summed E-state index contributed by atoms with van der Waals surface area (Å²) in [5.41, 5.74) is 0.711. The van der Waals surface area contributed by atoms with E-state index in [9.17, 15) is 13.2 Å². The average Bonchev–Trinajstić information content (AvgIpc) is 2.91. The maximum Gasteiger partial charge on any atom is 0.238 e. The molecule has 2 rings (SSSR count). The minimum atomic E-state index is -3.73. The number of amides is 1. The van der Waals surface area contributed by atoms with Crippen molar-refractivity contribution in [3.8, 4) is 0 Å². The predicted octanol–water partition coefficient (Wildman–Crippen LogP) is 0.263. The quantitative estimate of drug-likeness (QED) is 0.742. The Kier molecular flexibility index (Phi) is 4.42. The summed E-state index contributed by atoms with van der Waals surface area (Å²) >= 11 is 0. The van der Waals surface area contributed by atoms with Crippen molar-refractivity contribution in [3.05, 3.63) is 29.8 Å². The van der Waals surface area contributed by atoms with E-state index < -0.39 is 10.0 Å². The number of benzene rings is 1. The largest absolute Gasteiger partial charge is 0.348 e. The van der Waals surface area contributed by atoms with Gasteiger partial charge in [-0.1, -0.05) is 12.1 Å². The third-order valence-corrected chi connectivity index (χ3v) is 4.33. The third-order valence-electron chi connectivity index (χ3n) is 3.42. The second-order valence-electron chi connectivity index (χ2n) is 5.00. The maximum atomic E-state index is 12.0. The second kappa shape index (κ2) is 5.90. The first-order chi connectivity index (χ1) is 9.38. The number of carbonyl (C=O) groups is 1. The number of hydrogen-bond donors (Lipinski definition) is 3. The zero-order chi connectivity index (χ0) is 14.8. The molecule has 1 aromatic rings. The van der Waals surface area contributed by atoms with E-state index in [1.807, 2.05) is 6.92 Å². The molecule has 0 aromatic heterocycles. The summed E-state index contributed by atoms with van der Waals surface area (Å²) in [4.78, 5) is 12.0. The fraction of sp³-hybridized carbons (Fsp3) is 0.462. The zero-order valence-electron chi connectivity index (χ0n) is 11.3. The summed E-state index contributed by atoms with van der Waals surface area (Å²) in [7, 11) is -3.73. The van der Waals surface area contributed by atoms with Crippen LogP contribution in [0.1, 0.15) is 31.4 Å². The molecule has 0 aliphatic carbocycles. The van der Waals surface area contributed by atoms with Crippen molar-refractivity contribution >= 4 is 15.9 Å². The number of rotatable bonds is 4. The van der Waals surface area contributed by atoms with E-state index in [2.05, 4.69) is 10.6 Å². The van der Waals surface area contributed by atoms with Gasteiger partial charge in [-0.25, -0.2) is 13.6 Å². The van der Waals surface area contributed by atoms with Crippen molar-refractivity contribution in [2.75, 3.05) is 6.54 Å². The third kappa shape index (κ3) is 3.56. The van der Waals surface area contributed by atoms with E-state index in [0.717, 1.165) is 19.4 Å². The molecule has 4 N–H and O–H groups in total. The van der Waals surface area contributed by atoms with Gasteiger partial charge in [0.15, 0.2) is 0 Å². The minimum Gasteiger partial charge on any atom is -0.348 e. The average molecular weight is 297 g/mol. The van der Waals surface area contributed by atoms with Gasteiger partial charge in [0, 0.05) is 0 Å². The Morgan fingerprint density at radius 2 is 2.25 bits per heavy atom.